The zero-order valence-corrected chi connectivity index (χ0v) is 30.1. The Morgan fingerprint density at radius 3 is 2.55 bits per heavy atom. The highest BCUT2D eigenvalue weighted by Gasteiger charge is 2.40. The van der Waals surface area contributed by atoms with Crippen LogP contribution < -0.4 is 10.1 Å². The van der Waals surface area contributed by atoms with Crippen LogP contribution in [0.2, 0.25) is 0 Å². The molecule has 1 saturated carbocycles. The lowest BCUT2D eigenvalue weighted by atomic mass is 9.79. The van der Waals surface area contributed by atoms with E-state index in [4.69, 9.17) is 14.2 Å². The van der Waals surface area contributed by atoms with Gasteiger partial charge in [-0.15, -0.1) is 0 Å². The molecule has 3 atom stereocenters. The summed E-state index contributed by atoms with van der Waals surface area (Å²) in [6.07, 6.45) is 8.12. The van der Waals surface area contributed by atoms with Crippen LogP contribution in [-0.2, 0) is 32.2 Å². The van der Waals surface area contributed by atoms with Crippen molar-refractivity contribution >= 4 is 22.8 Å². The van der Waals surface area contributed by atoms with Crippen LogP contribution in [-0.4, -0.2) is 91.9 Å². The molecule has 0 bridgehead atoms. The Kier molecular flexibility index (Phi) is 11.4. The number of likely N-dealkylation sites (tertiary alicyclic amines) is 1. The Labute approximate surface area is 301 Å². The van der Waals surface area contributed by atoms with E-state index in [0.717, 1.165) is 81.6 Å². The predicted octanol–water partition coefficient (Wildman–Crippen LogP) is 6.25. The van der Waals surface area contributed by atoms with Crippen molar-refractivity contribution in [2.24, 2.45) is 5.92 Å². The number of nitrogens with zero attached hydrogens (tertiary/aromatic N) is 3. The van der Waals surface area contributed by atoms with Gasteiger partial charge in [-0.2, -0.15) is 0 Å². The average Bonchev–Trinajstić information content (AvgIpc) is 3.81. The summed E-state index contributed by atoms with van der Waals surface area (Å²) in [5.41, 5.74) is 5.93. The van der Waals surface area contributed by atoms with Gasteiger partial charge in [0.1, 0.15) is 18.4 Å². The number of methoxy groups -OCH3 is 2. The molecule has 1 N–H and O–H groups in total. The molecule has 51 heavy (non-hydrogen) atoms. The van der Waals surface area contributed by atoms with E-state index in [2.05, 4.69) is 86.5 Å². The van der Waals surface area contributed by atoms with Crippen molar-refractivity contribution in [2.45, 2.75) is 69.6 Å². The summed E-state index contributed by atoms with van der Waals surface area (Å²) < 4.78 is 18.7. The van der Waals surface area contributed by atoms with Gasteiger partial charge in [0.25, 0.3) is 0 Å². The van der Waals surface area contributed by atoms with E-state index in [0.29, 0.717) is 32.3 Å². The van der Waals surface area contributed by atoms with Crippen LogP contribution in [0.5, 0.6) is 5.75 Å². The van der Waals surface area contributed by atoms with Gasteiger partial charge in [0.05, 0.1) is 13.0 Å². The van der Waals surface area contributed by atoms with Crippen molar-refractivity contribution in [3.05, 3.63) is 90.1 Å². The zero-order valence-electron chi connectivity index (χ0n) is 30.1. The van der Waals surface area contributed by atoms with Gasteiger partial charge in [0.15, 0.2) is 0 Å². The zero-order chi connectivity index (χ0) is 35.2. The number of carbonyl (C=O) groups is 2. The highest BCUT2D eigenvalue weighted by atomic mass is 16.5. The van der Waals surface area contributed by atoms with E-state index in [-0.39, 0.29) is 29.8 Å². The van der Waals surface area contributed by atoms with E-state index in [9.17, 15) is 9.59 Å². The number of esters is 1. The summed E-state index contributed by atoms with van der Waals surface area (Å²) in [6, 6.07) is 25.7. The van der Waals surface area contributed by atoms with E-state index >= 15 is 0 Å². The van der Waals surface area contributed by atoms with Crippen LogP contribution in [0.15, 0.2) is 79.0 Å². The average molecular weight is 693 g/mol. The number of rotatable bonds is 15. The SMILES string of the molecule is COCCCn1cc(CN(C(=O)[C@H]2CNCC[C@@H]2c2cccc(-c3ccc(OCCN4CCCC4C(=O)OC)cc3)c2)C2CC2)c2ccccc21. The summed E-state index contributed by atoms with van der Waals surface area (Å²) in [5.74, 6) is 0.955. The van der Waals surface area contributed by atoms with E-state index in [1.165, 1.54) is 29.1 Å². The first kappa shape index (κ1) is 35.2. The maximum atomic E-state index is 14.6. The van der Waals surface area contributed by atoms with Crippen molar-refractivity contribution < 1.29 is 23.8 Å². The molecular formula is C42H52N4O5. The lowest BCUT2D eigenvalue weighted by molar-refractivity contribution is -0.146. The Balaban J connectivity index is 1.03. The molecule has 1 unspecified atom stereocenters. The van der Waals surface area contributed by atoms with Crippen LogP contribution in [0.1, 0.15) is 55.6 Å². The summed E-state index contributed by atoms with van der Waals surface area (Å²) >= 11 is 0. The van der Waals surface area contributed by atoms with Crippen LogP contribution in [0.3, 0.4) is 0 Å². The molecule has 0 spiro atoms. The monoisotopic (exact) mass is 692 g/mol. The minimum Gasteiger partial charge on any atom is -0.492 e. The Morgan fingerprint density at radius 1 is 0.902 bits per heavy atom. The second kappa shape index (κ2) is 16.4. The highest BCUT2D eigenvalue weighted by molar-refractivity contribution is 5.86. The third kappa shape index (κ3) is 8.16. The molecule has 9 heteroatoms. The molecule has 2 aliphatic heterocycles. The number of amides is 1. The van der Waals surface area contributed by atoms with Gasteiger partial charge < -0.3 is 29.0 Å². The molecule has 1 aromatic heterocycles. The Morgan fingerprint density at radius 2 is 1.75 bits per heavy atom. The highest BCUT2D eigenvalue weighted by Crippen LogP contribution is 2.38. The maximum absolute atomic E-state index is 14.6. The van der Waals surface area contributed by atoms with Crippen LogP contribution >= 0.6 is 0 Å². The van der Waals surface area contributed by atoms with Gasteiger partial charge in [0.2, 0.25) is 5.91 Å². The van der Waals surface area contributed by atoms with Crippen molar-refractivity contribution in [1.82, 2.24) is 19.7 Å². The molecule has 3 fully saturated rings. The summed E-state index contributed by atoms with van der Waals surface area (Å²) in [7, 11) is 3.20. The number of piperidine rings is 1. The number of nitrogens with one attached hydrogen (secondary N) is 1. The number of carbonyl (C=O) groups excluding carboxylic acids is 2. The van der Waals surface area contributed by atoms with E-state index in [1.54, 1.807) is 7.11 Å². The third-order valence-corrected chi connectivity index (χ3v) is 11.0. The van der Waals surface area contributed by atoms with Crippen LogP contribution in [0, 0.1) is 5.92 Å². The Hall–Kier alpha value is -4.18. The molecule has 3 aliphatic rings. The van der Waals surface area contributed by atoms with Gasteiger partial charge in [-0.1, -0.05) is 54.6 Å². The third-order valence-electron chi connectivity index (χ3n) is 11.0. The first-order valence-corrected chi connectivity index (χ1v) is 18.8. The molecule has 1 aliphatic carbocycles. The van der Waals surface area contributed by atoms with Gasteiger partial charge in [-0.25, -0.2) is 0 Å². The fourth-order valence-electron chi connectivity index (χ4n) is 8.17. The lowest BCUT2D eigenvalue weighted by Gasteiger charge is -2.36. The Bertz CT molecular complexity index is 1780. The fourth-order valence-corrected chi connectivity index (χ4v) is 8.17. The molecule has 1 amide bonds. The van der Waals surface area contributed by atoms with Crippen molar-refractivity contribution in [3.8, 4) is 16.9 Å². The molecular weight excluding hydrogens is 640 g/mol. The molecule has 7 rings (SSSR count). The smallest absolute Gasteiger partial charge is 0.323 e. The molecule has 3 aromatic carbocycles. The summed E-state index contributed by atoms with van der Waals surface area (Å²) in [5, 5.41) is 4.78. The van der Waals surface area contributed by atoms with Gasteiger partial charge in [-0.3, -0.25) is 14.5 Å². The normalized spacial score (nSPS) is 20.8. The number of hydrogen-bond donors (Lipinski definition) is 1. The first-order valence-electron chi connectivity index (χ1n) is 18.8. The molecule has 4 aromatic rings. The second-order valence-corrected chi connectivity index (χ2v) is 14.3. The van der Waals surface area contributed by atoms with E-state index < -0.39 is 0 Å². The standard InChI is InChI=1S/C42H52N4O5/c1-49-24-7-22-45-28-33(37-10-3-4-11-39(37)45)29-46(34-15-16-34)41(47)38-27-43-20-19-36(38)32-9-5-8-31(26-32)30-13-17-35(18-14-30)51-25-23-44-21-6-12-40(44)42(48)50-2/h3-5,8-11,13-14,17-18,26,28,34,36,38,40,43H,6-7,12,15-16,19-25,27,29H2,1-2H3/t36-,38+,40?/m1/s1. The number of ether oxygens (including phenoxy) is 3. The summed E-state index contributed by atoms with van der Waals surface area (Å²) in [6.45, 7) is 5.96. The minimum atomic E-state index is -0.163. The van der Waals surface area contributed by atoms with Gasteiger partial charge in [0, 0.05) is 63.0 Å². The largest absolute Gasteiger partial charge is 0.492 e. The molecule has 9 nitrogen and oxygen atoms in total. The van der Waals surface area contributed by atoms with Crippen molar-refractivity contribution in [1.29, 1.82) is 0 Å². The van der Waals surface area contributed by atoms with E-state index in [1.807, 2.05) is 12.1 Å². The number of hydrogen-bond acceptors (Lipinski definition) is 7. The second-order valence-electron chi connectivity index (χ2n) is 14.3. The molecule has 0 radical (unpaired) electrons. The molecule has 3 heterocycles. The number of aryl methyl sites for hydroxylation is 1. The first-order chi connectivity index (χ1) is 25.0. The predicted molar refractivity (Wildman–Crippen MR) is 200 cm³/mol. The molecule has 2 saturated heterocycles. The quantitative estimate of drug-likeness (QED) is 0.117. The van der Waals surface area contributed by atoms with Crippen LogP contribution in [0.25, 0.3) is 22.0 Å². The number of fused-ring (bicyclic) bond motifs is 1. The minimum absolute atomic E-state index is 0.116. The van der Waals surface area contributed by atoms with Crippen molar-refractivity contribution in [2.75, 3.05) is 53.6 Å². The van der Waals surface area contributed by atoms with Crippen molar-refractivity contribution in [3.63, 3.8) is 0 Å². The lowest BCUT2D eigenvalue weighted by Crippen LogP contribution is -2.47. The number of benzene rings is 3. The van der Waals surface area contributed by atoms with Crippen LogP contribution in [0.4, 0.5) is 0 Å². The maximum Gasteiger partial charge on any atom is 0.323 e. The number of aromatic nitrogens is 1. The van der Waals surface area contributed by atoms with Gasteiger partial charge in [-0.05, 0) is 98.0 Å². The number of para-hydroxylation sites is 1. The fraction of sp³-hybridized carbons (Fsp3) is 0.476. The molecule has 270 valence electrons. The summed E-state index contributed by atoms with van der Waals surface area (Å²) in [4.78, 5) is 31.0. The van der Waals surface area contributed by atoms with Gasteiger partial charge >= 0.3 is 5.97 Å². The topological polar surface area (TPSA) is 85.3 Å².